The summed E-state index contributed by atoms with van der Waals surface area (Å²) < 4.78 is 49.7. The molecule has 0 unspecified atom stereocenters. The lowest BCUT2D eigenvalue weighted by atomic mass is 10.2. The van der Waals surface area contributed by atoms with E-state index in [0.717, 1.165) is 10.7 Å². The molecular weight excluding hydrogens is 190 g/mol. The lowest BCUT2D eigenvalue weighted by molar-refractivity contribution is -0.138. The number of aromatic nitrogens is 2. The second-order valence-corrected chi connectivity index (χ2v) is 2.50. The van der Waals surface area contributed by atoms with E-state index in [1.165, 1.54) is 7.05 Å². The maximum Gasteiger partial charge on any atom is 0.350 e. The van der Waals surface area contributed by atoms with Crippen molar-refractivity contribution < 1.29 is 17.6 Å². The maximum atomic E-state index is 12.6. The van der Waals surface area contributed by atoms with E-state index in [4.69, 9.17) is 5.73 Å². The molecule has 1 aromatic rings. The largest absolute Gasteiger partial charge is 0.384 e. The number of hydrogen-bond donors (Lipinski definition) is 1. The molecular formula is C6H7F4N3. The first-order valence-electron chi connectivity index (χ1n) is 3.31. The fourth-order valence-corrected chi connectivity index (χ4v) is 0.756. The highest BCUT2D eigenvalue weighted by Gasteiger charge is 2.45. The first-order valence-corrected chi connectivity index (χ1v) is 3.31. The molecule has 0 atom stereocenters. The van der Waals surface area contributed by atoms with Crippen LogP contribution >= 0.6 is 0 Å². The van der Waals surface area contributed by atoms with Crippen LogP contribution in [0.5, 0.6) is 0 Å². The number of aryl methyl sites for hydroxylation is 1. The van der Waals surface area contributed by atoms with Crippen molar-refractivity contribution in [3.8, 4) is 0 Å². The van der Waals surface area contributed by atoms with Crippen LogP contribution < -0.4 is 5.73 Å². The highest BCUT2D eigenvalue weighted by Crippen LogP contribution is 2.33. The summed E-state index contributed by atoms with van der Waals surface area (Å²) in [6.07, 6.45) is -3.78. The monoisotopic (exact) mass is 197 g/mol. The molecule has 0 saturated carbocycles. The Morgan fingerprint density at radius 3 is 2.38 bits per heavy atom. The predicted octanol–water partition coefficient (Wildman–Crippen LogP) is 1.36. The summed E-state index contributed by atoms with van der Waals surface area (Å²) in [6.45, 7) is 0. The topological polar surface area (TPSA) is 43.8 Å². The summed E-state index contributed by atoms with van der Waals surface area (Å²) in [7, 11) is 1.29. The van der Waals surface area contributed by atoms with E-state index < -0.39 is 18.0 Å². The molecule has 13 heavy (non-hydrogen) atoms. The minimum absolute atomic E-state index is 0.0877. The fourth-order valence-electron chi connectivity index (χ4n) is 0.756. The Kier molecular flexibility index (Phi) is 2.19. The highest BCUT2D eigenvalue weighted by molar-refractivity contribution is 5.32. The highest BCUT2D eigenvalue weighted by atomic mass is 19.3. The molecule has 0 spiro atoms. The van der Waals surface area contributed by atoms with E-state index >= 15 is 0 Å². The second-order valence-electron chi connectivity index (χ2n) is 2.50. The molecule has 0 amide bonds. The number of nitrogens with two attached hydrogens (primary N) is 1. The molecule has 0 saturated heterocycles. The van der Waals surface area contributed by atoms with Crippen LogP contribution in [0.2, 0.25) is 0 Å². The Morgan fingerprint density at radius 1 is 1.54 bits per heavy atom. The van der Waals surface area contributed by atoms with Crippen molar-refractivity contribution in [3.05, 3.63) is 11.8 Å². The van der Waals surface area contributed by atoms with Gasteiger partial charge in [-0.15, -0.1) is 0 Å². The van der Waals surface area contributed by atoms with Crippen molar-refractivity contribution >= 4 is 5.82 Å². The van der Waals surface area contributed by atoms with Crippen molar-refractivity contribution in [2.45, 2.75) is 12.3 Å². The minimum atomic E-state index is -4.24. The van der Waals surface area contributed by atoms with Crippen LogP contribution in [0.25, 0.3) is 0 Å². The van der Waals surface area contributed by atoms with Gasteiger partial charge in [0.25, 0.3) is 0 Å². The average Bonchev–Trinajstić information content (AvgIpc) is 2.32. The summed E-state index contributed by atoms with van der Waals surface area (Å²) in [5, 5.41) is 3.16. The van der Waals surface area contributed by atoms with Gasteiger partial charge < -0.3 is 5.73 Å². The van der Waals surface area contributed by atoms with Crippen molar-refractivity contribution in [1.82, 2.24) is 9.78 Å². The molecule has 0 fully saturated rings. The number of hydrogen-bond acceptors (Lipinski definition) is 2. The lowest BCUT2D eigenvalue weighted by Crippen LogP contribution is -2.24. The van der Waals surface area contributed by atoms with Gasteiger partial charge in [-0.2, -0.15) is 13.9 Å². The molecule has 0 aliphatic rings. The molecule has 74 valence electrons. The van der Waals surface area contributed by atoms with Gasteiger partial charge in [0.05, 0.1) is 0 Å². The van der Waals surface area contributed by atoms with Crippen molar-refractivity contribution in [1.29, 1.82) is 0 Å². The van der Waals surface area contributed by atoms with Crippen LogP contribution in [0.3, 0.4) is 0 Å². The van der Waals surface area contributed by atoms with Crippen LogP contribution in [0.1, 0.15) is 5.69 Å². The molecule has 1 heterocycles. The van der Waals surface area contributed by atoms with Gasteiger partial charge in [0.1, 0.15) is 11.5 Å². The predicted molar refractivity (Wildman–Crippen MR) is 37.5 cm³/mol. The van der Waals surface area contributed by atoms with E-state index in [1.807, 2.05) is 0 Å². The molecule has 7 heteroatoms. The Balaban J connectivity index is 3.07. The van der Waals surface area contributed by atoms with E-state index in [0.29, 0.717) is 0 Å². The summed E-state index contributed by atoms with van der Waals surface area (Å²) in [4.78, 5) is 0. The Labute approximate surface area is 71.1 Å². The number of alkyl halides is 4. The zero-order valence-electron chi connectivity index (χ0n) is 6.64. The number of nitrogen functional groups attached to an aromatic ring is 1. The molecule has 0 aromatic carbocycles. The van der Waals surface area contributed by atoms with Crippen molar-refractivity contribution in [3.63, 3.8) is 0 Å². The van der Waals surface area contributed by atoms with Crippen LogP contribution in [-0.4, -0.2) is 16.2 Å². The maximum absolute atomic E-state index is 12.6. The van der Waals surface area contributed by atoms with Gasteiger partial charge in [-0.25, -0.2) is 8.78 Å². The van der Waals surface area contributed by atoms with E-state index in [-0.39, 0.29) is 5.82 Å². The molecule has 0 aliphatic heterocycles. The van der Waals surface area contributed by atoms with Gasteiger partial charge in [0.2, 0.25) is 0 Å². The Hall–Kier alpha value is -1.27. The molecule has 2 N–H and O–H groups in total. The smallest absolute Gasteiger partial charge is 0.350 e. The average molecular weight is 197 g/mol. The first-order chi connectivity index (χ1) is 5.85. The Bertz CT molecular complexity index is 287. The van der Waals surface area contributed by atoms with E-state index in [2.05, 4.69) is 5.10 Å². The third-order valence-electron chi connectivity index (χ3n) is 1.53. The number of anilines is 1. The van der Waals surface area contributed by atoms with Gasteiger partial charge in [-0.1, -0.05) is 0 Å². The Morgan fingerprint density at radius 2 is 2.08 bits per heavy atom. The SMILES string of the molecule is Cn1nc(C(F)(F)C(F)F)cc1N. The van der Waals surface area contributed by atoms with Crippen molar-refractivity contribution in [2.24, 2.45) is 7.05 Å². The standard InChI is InChI=1S/C6H7F4N3/c1-13-4(11)2-3(12-13)6(9,10)5(7)8/h2,5H,11H2,1H3. The van der Waals surface area contributed by atoms with Crippen LogP contribution in [0.4, 0.5) is 23.4 Å². The van der Waals surface area contributed by atoms with Crippen LogP contribution in [0, 0.1) is 0 Å². The number of rotatable bonds is 2. The molecule has 0 aliphatic carbocycles. The third-order valence-corrected chi connectivity index (χ3v) is 1.53. The van der Waals surface area contributed by atoms with Gasteiger partial charge >= 0.3 is 12.3 Å². The van der Waals surface area contributed by atoms with E-state index in [9.17, 15) is 17.6 Å². The molecule has 1 rings (SSSR count). The number of halogens is 4. The summed E-state index contributed by atoms with van der Waals surface area (Å²) in [6, 6.07) is 0.728. The van der Waals surface area contributed by atoms with Crippen molar-refractivity contribution in [2.75, 3.05) is 5.73 Å². The number of nitrogens with zero attached hydrogens (tertiary/aromatic N) is 2. The zero-order valence-corrected chi connectivity index (χ0v) is 6.64. The van der Waals surface area contributed by atoms with Crippen LogP contribution in [-0.2, 0) is 13.0 Å². The lowest BCUT2D eigenvalue weighted by Gasteiger charge is -2.11. The first kappa shape index (κ1) is 9.82. The summed E-state index contributed by atoms with van der Waals surface area (Å²) >= 11 is 0. The van der Waals surface area contributed by atoms with Gasteiger partial charge in [0.15, 0.2) is 0 Å². The van der Waals surface area contributed by atoms with Gasteiger partial charge in [-0.05, 0) is 0 Å². The quantitative estimate of drug-likeness (QED) is 0.727. The molecule has 0 bridgehead atoms. The zero-order chi connectivity index (χ0) is 10.2. The summed E-state index contributed by atoms with van der Waals surface area (Å²) in [5.41, 5.74) is 4.15. The minimum Gasteiger partial charge on any atom is -0.384 e. The van der Waals surface area contributed by atoms with E-state index in [1.54, 1.807) is 0 Å². The van der Waals surface area contributed by atoms with Gasteiger partial charge in [0, 0.05) is 13.1 Å². The fraction of sp³-hybridized carbons (Fsp3) is 0.500. The molecule has 1 aromatic heterocycles. The van der Waals surface area contributed by atoms with Crippen LogP contribution in [0.15, 0.2) is 6.07 Å². The molecule has 0 radical (unpaired) electrons. The van der Waals surface area contributed by atoms with Gasteiger partial charge in [-0.3, -0.25) is 4.68 Å². The third kappa shape index (κ3) is 1.58. The normalized spacial score (nSPS) is 12.5. The second kappa shape index (κ2) is 2.90. The summed E-state index contributed by atoms with van der Waals surface area (Å²) in [5.74, 6) is -4.33. The molecule has 3 nitrogen and oxygen atoms in total.